The zero-order chi connectivity index (χ0) is 14.6. The minimum absolute atomic E-state index is 0.0925. The van der Waals surface area contributed by atoms with Gasteiger partial charge in [-0.05, 0) is 12.1 Å². The van der Waals surface area contributed by atoms with Crippen molar-refractivity contribution in [1.82, 2.24) is 4.98 Å². The van der Waals surface area contributed by atoms with Crippen LogP contribution in [0.25, 0.3) is 11.3 Å². The minimum atomic E-state index is -3.66. The summed E-state index contributed by atoms with van der Waals surface area (Å²) in [7, 11) is -2.01. The fourth-order valence-corrected chi connectivity index (χ4v) is 2.83. The average Bonchev–Trinajstić information content (AvgIpc) is 2.87. The molecule has 0 saturated carbocycles. The normalized spacial score (nSPS) is 11.5. The van der Waals surface area contributed by atoms with Gasteiger partial charge in [0.05, 0.1) is 17.2 Å². The molecule has 0 unspecified atom stereocenters. The van der Waals surface area contributed by atoms with Gasteiger partial charge in [0.15, 0.2) is 5.13 Å². The lowest BCUT2D eigenvalue weighted by atomic mass is 10.2. The largest absolute Gasteiger partial charge is 0.383 e. The van der Waals surface area contributed by atoms with Crippen LogP contribution in [0.2, 0.25) is 0 Å². The molecule has 0 radical (unpaired) electrons. The number of nitrogens with zero attached hydrogens (tertiary/aromatic N) is 1. The molecule has 1 heterocycles. The Morgan fingerprint density at radius 3 is 2.65 bits per heavy atom. The molecule has 0 spiro atoms. The number of sulfonamides is 1. The summed E-state index contributed by atoms with van der Waals surface area (Å²) >= 11 is 1.48. The number of ether oxygens (including phenoxy) is 1. The molecule has 3 N–H and O–H groups in total. The van der Waals surface area contributed by atoms with Gasteiger partial charge in [-0.15, -0.1) is 11.3 Å². The van der Waals surface area contributed by atoms with E-state index in [0.29, 0.717) is 13.2 Å². The smallest absolute Gasteiger partial charge is 0.238 e. The summed E-state index contributed by atoms with van der Waals surface area (Å²) in [6.07, 6.45) is 0. The number of nitrogens with one attached hydrogen (secondary N) is 1. The van der Waals surface area contributed by atoms with Crippen molar-refractivity contribution < 1.29 is 13.2 Å². The van der Waals surface area contributed by atoms with E-state index in [1.54, 1.807) is 19.2 Å². The number of aromatic nitrogens is 1. The zero-order valence-electron chi connectivity index (χ0n) is 10.9. The quantitative estimate of drug-likeness (QED) is 0.788. The molecule has 6 nitrogen and oxygen atoms in total. The fourth-order valence-electron chi connectivity index (χ4n) is 1.56. The number of hydrogen-bond donors (Lipinski definition) is 2. The van der Waals surface area contributed by atoms with E-state index < -0.39 is 10.0 Å². The first kappa shape index (κ1) is 14.9. The van der Waals surface area contributed by atoms with Crippen molar-refractivity contribution in [3.8, 4) is 11.3 Å². The van der Waals surface area contributed by atoms with Crippen LogP contribution in [0.5, 0.6) is 0 Å². The number of anilines is 1. The van der Waals surface area contributed by atoms with Gasteiger partial charge in [0.1, 0.15) is 0 Å². The van der Waals surface area contributed by atoms with Crippen LogP contribution in [0.3, 0.4) is 0 Å². The van der Waals surface area contributed by atoms with Gasteiger partial charge in [0, 0.05) is 24.6 Å². The zero-order valence-corrected chi connectivity index (χ0v) is 12.5. The lowest BCUT2D eigenvalue weighted by Gasteiger charge is -2.01. The topological polar surface area (TPSA) is 94.3 Å². The maximum Gasteiger partial charge on any atom is 0.238 e. The molecule has 20 heavy (non-hydrogen) atoms. The lowest BCUT2D eigenvalue weighted by molar-refractivity contribution is 0.211. The van der Waals surface area contributed by atoms with Crippen molar-refractivity contribution in [2.24, 2.45) is 5.14 Å². The Hall–Kier alpha value is -1.48. The molecule has 2 aromatic rings. The summed E-state index contributed by atoms with van der Waals surface area (Å²) in [5, 5.41) is 10.9. The van der Waals surface area contributed by atoms with E-state index in [9.17, 15) is 8.42 Å². The SMILES string of the molecule is COCCNc1nc(-c2ccc(S(N)(=O)=O)cc2)cs1. The van der Waals surface area contributed by atoms with Crippen molar-refractivity contribution in [3.05, 3.63) is 29.6 Å². The number of benzene rings is 1. The summed E-state index contributed by atoms with van der Waals surface area (Å²) in [6.45, 7) is 1.30. The number of nitrogens with two attached hydrogens (primary N) is 1. The molecule has 108 valence electrons. The van der Waals surface area contributed by atoms with E-state index in [1.165, 1.54) is 23.5 Å². The van der Waals surface area contributed by atoms with Crippen LogP contribution < -0.4 is 10.5 Å². The Morgan fingerprint density at radius 1 is 1.35 bits per heavy atom. The molecule has 0 aliphatic carbocycles. The highest BCUT2D eigenvalue weighted by Gasteiger charge is 2.09. The predicted molar refractivity (Wildman–Crippen MR) is 79.3 cm³/mol. The minimum Gasteiger partial charge on any atom is -0.383 e. The first-order valence-corrected chi connectivity index (χ1v) is 8.25. The van der Waals surface area contributed by atoms with Crippen molar-refractivity contribution in [3.63, 3.8) is 0 Å². The summed E-state index contributed by atoms with van der Waals surface area (Å²) < 4.78 is 27.3. The van der Waals surface area contributed by atoms with E-state index in [-0.39, 0.29) is 4.90 Å². The Morgan fingerprint density at radius 2 is 2.05 bits per heavy atom. The molecule has 8 heteroatoms. The van der Waals surface area contributed by atoms with Gasteiger partial charge < -0.3 is 10.1 Å². The molecule has 1 aromatic carbocycles. The number of primary sulfonamides is 1. The summed E-state index contributed by atoms with van der Waals surface area (Å²) in [5.74, 6) is 0. The Bertz CT molecular complexity index is 666. The Balaban J connectivity index is 2.12. The molecule has 0 saturated heterocycles. The second-order valence-electron chi connectivity index (χ2n) is 4.03. The second kappa shape index (κ2) is 6.31. The van der Waals surface area contributed by atoms with E-state index in [2.05, 4.69) is 10.3 Å². The molecule has 0 bridgehead atoms. The Labute approximate surface area is 121 Å². The van der Waals surface area contributed by atoms with Gasteiger partial charge in [0.25, 0.3) is 0 Å². The fraction of sp³-hybridized carbons (Fsp3) is 0.250. The molecule has 1 aromatic heterocycles. The van der Waals surface area contributed by atoms with E-state index in [1.807, 2.05) is 5.38 Å². The number of thiazole rings is 1. The third-order valence-electron chi connectivity index (χ3n) is 2.57. The lowest BCUT2D eigenvalue weighted by Crippen LogP contribution is -2.11. The van der Waals surface area contributed by atoms with Gasteiger partial charge in [-0.3, -0.25) is 0 Å². The molecule has 0 amide bonds. The maximum atomic E-state index is 11.2. The van der Waals surface area contributed by atoms with Crippen LogP contribution in [0.4, 0.5) is 5.13 Å². The first-order chi connectivity index (χ1) is 9.50. The van der Waals surface area contributed by atoms with Gasteiger partial charge >= 0.3 is 0 Å². The molecular weight excluding hydrogens is 298 g/mol. The maximum absolute atomic E-state index is 11.2. The standard InChI is InChI=1S/C12H15N3O3S2/c1-18-7-6-14-12-15-11(8-19-12)9-2-4-10(5-3-9)20(13,16)17/h2-5,8H,6-7H2,1H3,(H,14,15)(H2,13,16,17). The van der Waals surface area contributed by atoms with E-state index >= 15 is 0 Å². The van der Waals surface area contributed by atoms with Crippen molar-refractivity contribution in [2.75, 3.05) is 25.6 Å². The summed E-state index contributed by atoms with van der Waals surface area (Å²) in [5.41, 5.74) is 1.63. The molecule has 0 aliphatic heterocycles. The first-order valence-electron chi connectivity index (χ1n) is 5.82. The van der Waals surface area contributed by atoms with Crippen LogP contribution in [0, 0.1) is 0 Å². The summed E-state index contributed by atoms with van der Waals surface area (Å²) in [4.78, 5) is 4.51. The number of hydrogen-bond acceptors (Lipinski definition) is 6. The van der Waals surface area contributed by atoms with Crippen LogP contribution in [0.1, 0.15) is 0 Å². The van der Waals surface area contributed by atoms with Crippen LogP contribution in [0.15, 0.2) is 34.5 Å². The summed E-state index contributed by atoms with van der Waals surface area (Å²) in [6, 6.07) is 6.32. The van der Waals surface area contributed by atoms with Crippen LogP contribution in [-0.4, -0.2) is 33.7 Å². The molecule has 0 atom stereocenters. The van der Waals surface area contributed by atoms with Crippen LogP contribution in [-0.2, 0) is 14.8 Å². The van der Waals surface area contributed by atoms with Gasteiger partial charge in [-0.2, -0.15) is 0 Å². The highest BCUT2D eigenvalue weighted by molar-refractivity contribution is 7.89. The predicted octanol–water partition coefficient (Wildman–Crippen LogP) is 1.52. The average molecular weight is 313 g/mol. The van der Waals surface area contributed by atoms with Gasteiger partial charge in [-0.1, -0.05) is 12.1 Å². The number of methoxy groups -OCH3 is 1. The molecule has 0 aliphatic rings. The van der Waals surface area contributed by atoms with Crippen molar-refractivity contribution >= 4 is 26.5 Å². The van der Waals surface area contributed by atoms with E-state index in [0.717, 1.165) is 16.4 Å². The third-order valence-corrected chi connectivity index (χ3v) is 4.29. The third kappa shape index (κ3) is 3.76. The van der Waals surface area contributed by atoms with Crippen molar-refractivity contribution in [2.45, 2.75) is 4.90 Å². The second-order valence-corrected chi connectivity index (χ2v) is 6.45. The molecule has 0 fully saturated rings. The van der Waals surface area contributed by atoms with Gasteiger partial charge in [0.2, 0.25) is 10.0 Å². The molecule has 2 rings (SSSR count). The highest BCUT2D eigenvalue weighted by Crippen LogP contribution is 2.25. The Kier molecular flexibility index (Phi) is 4.71. The van der Waals surface area contributed by atoms with Gasteiger partial charge in [-0.25, -0.2) is 18.5 Å². The van der Waals surface area contributed by atoms with Crippen molar-refractivity contribution in [1.29, 1.82) is 0 Å². The van der Waals surface area contributed by atoms with Crippen LogP contribution >= 0.6 is 11.3 Å². The monoisotopic (exact) mass is 313 g/mol. The highest BCUT2D eigenvalue weighted by atomic mass is 32.2. The molecular formula is C12H15N3O3S2. The number of rotatable bonds is 6. The van der Waals surface area contributed by atoms with E-state index in [4.69, 9.17) is 9.88 Å².